The minimum atomic E-state index is 0.755. The van der Waals surface area contributed by atoms with Gasteiger partial charge in [0.1, 0.15) is 11.6 Å². The van der Waals surface area contributed by atoms with Gasteiger partial charge >= 0.3 is 0 Å². The summed E-state index contributed by atoms with van der Waals surface area (Å²) >= 11 is 3.50. The Labute approximate surface area is 122 Å². The summed E-state index contributed by atoms with van der Waals surface area (Å²) in [5.74, 6) is 1.68. The van der Waals surface area contributed by atoms with Crippen LogP contribution in [0.5, 0.6) is 0 Å². The Morgan fingerprint density at radius 3 is 2.26 bits per heavy atom. The summed E-state index contributed by atoms with van der Waals surface area (Å²) in [6.45, 7) is 6.21. The van der Waals surface area contributed by atoms with Crippen LogP contribution < -0.4 is 5.32 Å². The van der Waals surface area contributed by atoms with Gasteiger partial charge in [-0.15, -0.1) is 0 Å². The van der Waals surface area contributed by atoms with Crippen LogP contribution >= 0.6 is 15.9 Å². The molecule has 19 heavy (non-hydrogen) atoms. The molecule has 2 aromatic rings. The van der Waals surface area contributed by atoms with Crippen molar-refractivity contribution in [1.29, 1.82) is 0 Å². The van der Waals surface area contributed by atoms with E-state index < -0.39 is 0 Å². The Hall–Kier alpha value is -1.42. The Morgan fingerprint density at radius 1 is 1.05 bits per heavy atom. The summed E-state index contributed by atoms with van der Waals surface area (Å²) in [5.41, 5.74) is 4.76. The van der Waals surface area contributed by atoms with Crippen LogP contribution in [0, 0.1) is 20.8 Å². The number of rotatable bonds is 3. The van der Waals surface area contributed by atoms with E-state index in [0.29, 0.717) is 0 Å². The molecule has 0 radical (unpaired) electrons. The van der Waals surface area contributed by atoms with Crippen molar-refractivity contribution in [2.75, 3.05) is 12.4 Å². The van der Waals surface area contributed by atoms with Crippen LogP contribution in [0.3, 0.4) is 0 Å². The molecule has 0 unspecified atom stereocenters. The molecule has 0 aliphatic heterocycles. The second kappa shape index (κ2) is 5.70. The zero-order valence-corrected chi connectivity index (χ0v) is 13.3. The van der Waals surface area contributed by atoms with Crippen LogP contribution in [-0.4, -0.2) is 17.0 Å². The number of aryl methyl sites for hydroxylation is 3. The van der Waals surface area contributed by atoms with Gasteiger partial charge in [0.05, 0.1) is 10.2 Å². The van der Waals surface area contributed by atoms with Crippen molar-refractivity contribution in [2.24, 2.45) is 0 Å². The van der Waals surface area contributed by atoms with Crippen LogP contribution in [-0.2, 0) is 6.42 Å². The van der Waals surface area contributed by atoms with E-state index >= 15 is 0 Å². The topological polar surface area (TPSA) is 37.8 Å². The van der Waals surface area contributed by atoms with E-state index in [1.807, 2.05) is 14.0 Å². The van der Waals surface area contributed by atoms with Crippen molar-refractivity contribution >= 4 is 21.7 Å². The van der Waals surface area contributed by atoms with Crippen molar-refractivity contribution in [3.05, 3.63) is 50.9 Å². The molecule has 0 atom stereocenters. The van der Waals surface area contributed by atoms with Gasteiger partial charge in [-0.1, -0.05) is 29.3 Å². The average molecular weight is 320 g/mol. The van der Waals surface area contributed by atoms with Gasteiger partial charge < -0.3 is 5.32 Å². The van der Waals surface area contributed by atoms with Gasteiger partial charge in [-0.25, -0.2) is 9.97 Å². The largest absolute Gasteiger partial charge is 0.372 e. The fraction of sp³-hybridized carbons (Fsp3) is 0.333. The van der Waals surface area contributed by atoms with Crippen molar-refractivity contribution in [3.63, 3.8) is 0 Å². The molecule has 0 amide bonds. The SMILES string of the molecule is CNc1nc(Cc2cc(C)cc(C)c2)nc(C)c1Br. The monoisotopic (exact) mass is 319 g/mol. The minimum Gasteiger partial charge on any atom is -0.372 e. The van der Waals surface area contributed by atoms with Crippen LogP contribution in [0.15, 0.2) is 22.7 Å². The van der Waals surface area contributed by atoms with E-state index in [2.05, 4.69) is 63.3 Å². The van der Waals surface area contributed by atoms with Crippen molar-refractivity contribution in [3.8, 4) is 0 Å². The van der Waals surface area contributed by atoms with Gasteiger partial charge in [0, 0.05) is 13.5 Å². The molecule has 4 heteroatoms. The molecular formula is C15H18BrN3. The first-order valence-corrected chi connectivity index (χ1v) is 7.07. The first kappa shape index (κ1) is 14.0. The maximum atomic E-state index is 4.54. The van der Waals surface area contributed by atoms with Crippen molar-refractivity contribution < 1.29 is 0 Å². The molecule has 2 rings (SSSR count). The van der Waals surface area contributed by atoms with Gasteiger partial charge in [-0.3, -0.25) is 0 Å². The lowest BCUT2D eigenvalue weighted by molar-refractivity contribution is 0.934. The van der Waals surface area contributed by atoms with Crippen LogP contribution in [0.25, 0.3) is 0 Å². The third kappa shape index (κ3) is 3.32. The summed E-state index contributed by atoms with van der Waals surface area (Å²) in [4.78, 5) is 9.08. The Balaban J connectivity index is 2.35. The molecule has 0 aliphatic rings. The lowest BCUT2D eigenvalue weighted by Gasteiger charge is -2.09. The molecule has 0 spiro atoms. The number of hydrogen-bond donors (Lipinski definition) is 1. The Morgan fingerprint density at radius 2 is 1.68 bits per heavy atom. The van der Waals surface area contributed by atoms with Gasteiger partial charge in [0.15, 0.2) is 0 Å². The molecule has 0 bridgehead atoms. The fourth-order valence-electron chi connectivity index (χ4n) is 2.22. The van der Waals surface area contributed by atoms with Crippen molar-refractivity contribution in [1.82, 2.24) is 9.97 Å². The average Bonchev–Trinajstić information content (AvgIpc) is 2.32. The number of halogens is 1. The highest BCUT2D eigenvalue weighted by Gasteiger charge is 2.09. The molecule has 1 aromatic carbocycles. The minimum absolute atomic E-state index is 0.755. The Bertz CT molecular complexity index is 588. The number of nitrogens with zero attached hydrogens (tertiary/aromatic N) is 2. The zero-order chi connectivity index (χ0) is 14.0. The molecular weight excluding hydrogens is 302 g/mol. The molecule has 1 aromatic heterocycles. The third-order valence-electron chi connectivity index (χ3n) is 2.94. The molecule has 100 valence electrons. The molecule has 0 saturated carbocycles. The van der Waals surface area contributed by atoms with E-state index in [0.717, 1.165) is 28.2 Å². The van der Waals surface area contributed by atoms with Gasteiger partial charge in [-0.05, 0) is 42.3 Å². The molecule has 0 aliphatic carbocycles. The zero-order valence-electron chi connectivity index (χ0n) is 11.7. The third-order valence-corrected chi connectivity index (χ3v) is 3.89. The fourth-order valence-corrected chi connectivity index (χ4v) is 2.59. The van der Waals surface area contributed by atoms with Crippen LogP contribution in [0.1, 0.15) is 28.2 Å². The summed E-state index contributed by atoms with van der Waals surface area (Å²) in [6.07, 6.45) is 0.755. The normalized spacial score (nSPS) is 10.6. The van der Waals surface area contributed by atoms with Crippen LogP contribution in [0.4, 0.5) is 5.82 Å². The lowest BCUT2D eigenvalue weighted by Crippen LogP contribution is -2.04. The highest BCUT2D eigenvalue weighted by Crippen LogP contribution is 2.23. The van der Waals surface area contributed by atoms with Crippen molar-refractivity contribution in [2.45, 2.75) is 27.2 Å². The highest BCUT2D eigenvalue weighted by molar-refractivity contribution is 9.10. The van der Waals surface area contributed by atoms with Gasteiger partial charge in [-0.2, -0.15) is 0 Å². The van der Waals surface area contributed by atoms with Crippen LogP contribution in [0.2, 0.25) is 0 Å². The van der Waals surface area contributed by atoms with Gasteiger partial charge in [0.25, 0.3) is 0 Å². The standard InChI is InChI=1S/C15H18BrN3/c1-9-5-10(2)7-12(6-9)8-13-18-11(3)14(16)15(17-4)19-13/h5-7H,8H2,1-4H3,(H,17,18,19). The van der Waals surface area contributed by atoms with E-state index in [9.17, 15) is 0 Å². The van der Waals surface area contributed by atoms with E-state index in [-0.39, 0.29) is 0 Å². The molecule has 3 nitrogen and oxygen atoms in total. The van der Waals surface area contributed by atoms with E-state index in [4.69, 9.17) is 0 Å². The second-order valence-corrected chi connectivity index (χ2v) is 5.60. The lowest BCUT2D eigenvalue weighted by atomic mass is 10.0. The quantitative estimate of drug-likeness (QED) is 0.935. The Kier molecular flexibility index (Phi) is 4.20. The maximum Gasteiger partial charge on any atom is 0.144 e. The second-order valence-electron chi connectivity index (χ2n) is 4.81. The first-order valence-electron chi connectivity index (χ1n) is 6.27. The highest BCUT2D eigenvalue weighted by atomic mass is 79.9. The van der Waals surface area contributed by atoms with E-state index in [1.54, 1.807) is 0 Å². The molecule has 1 heterocycles. The summed E-state index contributed by atoms with van der Waals surface area (Å²) in [7, 11) is 1.87. The van der Waals surface area contributed by atoms with E-state index in [1.165, 1.54) is 16.7 Å². The number of anilines is 1. The first-order chi connectivity index (χ1) is 8.99. The number of hydrogen-bond acceptors (Lipinski definition) is 3. The number of aromatic nitrogens is 2. The molecule has 0 saturated heterocycles. The molecule has 0 fully saturated rings. The predicted molar refractivity (Wildman–Crippen MR) is 82.7 cm³/mol. The van der Waals surface area contributed by atoms with Gasteiger partial charge in [0.2, 0.25) is 0 Å². The smallest absolute Gasteiger partial charge is 0.144 e. The number of nitrogens with one attached hydrogen (secondary N) is 1. The maximum absolute atomic E-state index is 4.54. The summed E-state index contributed by atoms with van der Waals surface area (Å²) in [6, 6.07) is 6.55. The number of benzene rings is 1. The molecule has 1 N–H and O–H groups in total. The summed E-state index contributed by atoms with van der Waals surface area (Å²) in [5, 5.41) is 3.09. The summed E-state index contributed by atoms with van der Waals surface area (Å²) < 4.78 is 0.930. The predicted octanol–water partition coefficient (Wildman–Crippen LogP) is 3.80.